The average Bonchev–Trinajstić information content (AvgIpc) is 3.20. The molecule has 0 amide bonds. The third-order valence-corrected chi connectivity index (χ3v) is 6.44. The van der Waals surface area contributed by atoms with E-state index in [9.17, 15) is 0 Å². The van der Waals surface area contributed by atoms with Crippen LogP contribution in [0.15, 0.2) is 30.4 Å². The second-order valence-electron chi connectivity index (χ2n) is 7.65. The molecule has 1 unspecified atom stereocenters. The van der Waals surface area contributed by atoms with Crippen LogP contribution in [0.4, 0.5) is 4.39 Å². The number of halogens is 2. The first-order valence-electron chi connectivity index (χ1n) is 9.01. The van der Waals surface area contributed by atoms with Gasteiger partial charge in [-0.1, -0.05) is 23.8 Å². The van der Waals surface area contributed by atoms with E-state index in [1.807, 2.05) is 0 Å². The van der Waals surface area contributed by atoms with Crippen LogP contribution >= 0.6 is 11.6 Å². The number of benzene rings is 1. The van der Waals surface area contributed by atoms with Crippen LogP contribution in [0.3, 0.4) is 0 Å². The molecule has 0 radical (unpaired) electrons. The predicted molar refractivity (Wildman–Crippen MR) is 95.3 cm³/mol. The first kappa shape index (κ1) is 16.4. The van der Waals surface area contributed by atoms with E-state index in [4.69, 9.17) is 16.3 Å². The number of rotatable bonds is 4. The Kier molecular flexibility index (Phi) is 4.34. The van der Waals surface area contributed by atoms with Crippen LogP contribution in [-0.4, -0.2) is 31.6 Å². The van der Waals surface area contributed by atoms with Crippen molar-refractivity contribution in [2.24, 2.45) is 17.8 Å². The summed E-state index contributed by atoms with van der Waals surface area (Å²) in [7, 11) is 1.59. The van der Waals surface area contributed by atoms with Gasteiger partial charge in [0.25, 0.3) is 0 Å². The van der Waals surface area contributed by atoms with Crippen LogP contribution in [-0.2, 0) is 5.67 Å². The summed E-state index contributed by atoms with van der Waals surface area (Å²) in [6.45, 7) is 2.74. The molecule has 2 aliphatic carbocycles. The molecule has 1 aromatic carbocycles. The van der Waals surface area contributed by atoms with Crippen molar-refractivity contribution >= 4 is 11.6 Å². The van der Waals surface area contributed by atoms with Gasteiger partial charge in [0.1, 0.15) is 11.4 Å². The number of hydrogen-bond acceptors (Lipinski definition) is 2. The molecule has 3 aliphatic rings. The summed E-state index contributed by atoms with van der Waals surface area (Å²) < 4.78 is 21.0. The van der Waals surface area contributed by atoms with Gasteiger partial charge in [-0.15, -0.1) is 0 Å². The number of methoxy groups -OCH3 is 1. The Morgan fingerprint density at radius 3 is 2.67 bits per heavy atom. The quantitative estimate of drug-likeness (QED) is 0.722. The van der Waals surface area contributed by atoms with E-state index in [0.29, 0.717) is 29.2 Å². The second-order valence-corrected chi connectivity index (χ2v) is 8.09. The van der Waals surface area contributed by atoms with Crippen LogP contribution in [0.2, 0.25) is 5.02 Å². The Balaban J connectivity index is 1.42. The average molecular weight is 350 g/mol. The van der Waals surface area contributed by atoms with Crippen molar-refractivity contribution in [3.05, 3.63) is 40.9 Å². The predicted octanol–water partition coefficient (Wildman–Crippen LogP) is 4.82. The zero-order chi connectivity index (χ0) is 16.7. The van der Waals surface area contributed by atoms with Gasteiger partial charge in [0.15, 0.2) is 0 Å². The van der Waals surface area contributed by atoms with Crippen molar-refractivity contribution in [1.29, 1.82) is 0 Å². The van der Waals surface area contributed by atoms with Gasteiger partial charge in [-0.3, -0.25) is 0 Å². The number of piperidine rings is 1. The number of likely N-dealkylation sites (tertiary alicyclic amines) is 1. The lowest BCUT2D eigenvalue weighted by atomic mass is 9.84. The Morgan fingerprint density at radius 1 is 1.25 bits per heavy atom. The van der Waals surface area contributed by atoms with Gasteiger partial charge in [-0.05, 0) is 61.6 Å². The van der Waals surface area contributed by atoms with Gasteiger partial charge < -0.3 is 9.64 Å². The molecule has 0 aromatic heterocycles. The van der Waals surface area contributed by atoms with Crippen molar-refractivity contribution in [2.45, 2.75) is 31.4 Å². The van der Waals surface area contributed by atoms with E-state index in [1.54, 1.807) is 25.3 Å². The van der Waals surface area contributed by atoms with Crippen molar-refractivity contribution in [2.75, 3.05) is 26.7 Å². The number of alkyl halides is 1. The SMILES string of the molecule is COc1ccc(Cl)cc1C1(F)CCN(C[C@H]2C[C@H]3C=CC2C3)CC1. The van der Waals surface area contributed by atoms with E-state index in [1.165, 1.54) is 12.8 Å². The fourth-order valence-electron chi connectivity index (χ4n) is 4.83. The van der Waals surface area contributed by atoms with Gasteiger partial charge in [0.05, 0.1) is 7.11 Å². The standard InChI is InChI=1S/C20H25ClFNO/c1-24-19-5-4-17(21)12-18(19)20(22)6-8-23(9-7-20)13-16-11-14-2-3-15(16)10-14/h2-5,12,14-16H,6-11,13H2,1H3/t14-,15?,16+/m0/s1. The molecule has 130 valence electrons. The van der Waals surface area contributed by atoms with Crippen molar-refractivity contribution < 1.29 is 9.13 Å². The van der Waals surface area contributed by atoms with Crippen LogP contribution < -0.4 is 4.74 Å². The van der Waals surface area contributed by atoms with E-state index in [0.717, 1.165) is 37.4 Å². The second kappa shape index (κ2) is 6.34. The van der Waals surface area contributed by atoms with Crippen molar-refractivity contribution in [3.8, 4) is 5.75 Å². The summed E-state index contributed by atoms with van der Waals surface area (Å²) in [5, 5.41) is 0.569. The molecule has 1 saturated carbocycles. The fraction of sp³-hybridized carbons (Fsp3) is 0.600. The molecule has 2 nitrogen and oxygen atoms in total. The Labute approximate surface area is 148 Å². The van der Waals surface area contributed by atoms with Gasteiger partial charge in [0, 0.05) is 30.2 Å². The lowest BCUT2D eigenvalue weighted by molar-refractivity contribution is 0.0451. The molecule has 1 saturated heterocycles. The highest BCUT2D eigenvalue weighted by atomic mass is 35.5. The molecule has 1 heterocycles. The molecular weight excluding hydrogens is 325 g/mol. The largest absolute Gasteiger partial charge is 0.496 e. The molecule has 2 bridgehead atoms. The van der Waals surface area contributed by atoms with Crippen LogP contribution in [0.5, 0.6) is 5.75 Å². The van der Waals surface area contributed by atoms with Gasteiger partial charge in [-0.2, -0.15) is 0 Å². The summed E-state index contributed by atoms with van der Waals surface area (Å²) in [5.74, 6) is 2.95. The third kappa shape index (κ3) is 2.97. The number of fused-ring (bicyclic) bond motifs is 2. The normalized spacial score (nSPS) is 31.5. The molecule has 4 rings (SSSR count). The smallest absolute Gasteiger partial charge is 0.142 e. The lowest BCUT2D eigenvalue weighted by Gasteiger charge is -2.39. The van der Waals surface area contributed by atoms with Crippen LogP contribution in [0.25, 0.3) is 0 Å². The van der Waals surface area contributed by atoms with Gasteiger partial charge in [0.2, 0.25) is 0 Å². The molecule has 0 N–H and O–H groups in total. The first-order chi connectivity index (χ1) is 11.6. The number of ether oxygens (including phenoxy) is 1. The molecule has 3 atom stereocenters. The van der Waals surface area contributed by atoms with E-state index < -0.39 is 5.67 Å². The molecule has 2 fully saturated rings. The Bertz CT molecular complexity index is 639. The highest BCUT2D eigenvalue weighted by Crippen LogP contribution is 2.46. The monoisotopic (exact) mass is 349 g/mol. The zero-order valence-corrected chi connectivity index (χ0v) is 14.9. The van der Waals surface area contributed by atoms with E-state index in [-0.39, 0.29) is 0 Å². The third-order valence-electron chi connectivity index (χ3n) is 6.20. The van der Waals surface area contributed by atoms with E-state index >= 15 is 4.39 Å². The van der Waals surface area contributed by atoms with E-state index in [2.05, 4.69) is 17.1 Å². The molecule has 1 aromatic rings. The summed E-state index contributed by atoms with van der Waals surface area (Å²) in [4.78, 5) is 2.45. The number of nitrogens with zero attached hydrogens (tertiary/aromatic N) is 1. The molecule has 4 heteroatoms. The highest BCUT2D eigenvalue weighted by Gasteiger charge is 2.41. The first-order valence-corrected chi connectivity index (χ1v) is 9.39. The summed E-state index contributed by atoms with van der Waals surface area (Å²) in [6.07, 6.45) is 8.47. The lowest BCUT2D eigenvalue weighted by Crippen LogP contribution is -2.42. The summed E-state index contributed by atoms with van der Waals surface area (Å²) in [6, 6.07) is 5.26. The Morgan fingerprint density at radius 2 is 2.04 bits per heavy atom. The minimum Gasteiger partial charge on any atom is -0.496 e. The summed E-state index contributed by atoms with van der Waals surface area (Å²) >= 11 is 6.09. The highest BCUT2D eigenvalue weighted by molar-refractivity contribution is 6.30. The molecule has 0 spiro atoms. The fourth-order valence-corrected chi connectivity index (χ4v) is 5.00. The maximum Gasteiger partial charge on any atom is 0.142 e. The molecule has 24 heavy (non-hydrogen) atoms. The number of allylic oxidation sites excluding steroid dienone is 2. The molecular formula is C20H25ClFNO. The molecule has 1 aliphatic heterocycles. The zero-order valence-electron chi connectivity index (χ0n) is 14.2. The Hall–Kier alpha value is -1.06. The van der Waals surface area contributed by atoms with Crippen molar-refractivity contribution in [3.63, 3.8) is 0 Å². The summed E-state index contributed by atoms with van der Waals surface area (Å²) in [5.41, 5.74) is -0.721. The minimum atomic E-state index is -1.33. The maximum atomic E-state index is 15.6. The van der Waals surface area contributed by atoms with Crippen molar-refractivity contribution in [1.82, 2.24) is 4.90 Å². The topological polar surface area (TPSA) is 12.5 Å². The van der Waals surface area contributed by atoms with Crippen LogP contribution in [0.1, 0.15) is 31.2 Å². The van der Waals surface area contributed by atoms with Gasteiger partial charge in [-0.25, -0.2) is 4.39 Å². The maximum absolute atomic E-state index is 15.6. The van der Waals surface area contributed by atoms with Gasteiger partial charge >= 0.3 is 0 Å². The minimum absolute atomic E-state index is 0.514. The number of hydrogen-bond donors (Lipinski definition) is 0. The van der Waals surface area contributed by atoms with Crippen LogP contribution in [0, 0.1) is 17.8 Å².